The van der Waals surface area contributed by atoms with E-state index < -0.39 is 0 Å². The zero-order valence-corrected chi connectivity index (χ0v) is 18.3. The highest BCUT2D eigenvalue weighted by Crippen LogP contribution is 2.14. The molecule has 0 unspecified atom stereocenters. The maximum absolute atomic E-state index is 12.7. The first-order valence-electron chi connectivity index (χ1n) is 10.4. The molecule has 1 aliphatic heterocycles. The molecule has 4 rings (SSSR count). The number of hydrogen-bond donors (Lipinski definition) is 0. The smallest absolute Gasteiger partial charge is 0.261 e. The molecule has 1 fully saturated rings. The zero-order chi connectivity index (χ0) is 21.1. The van der Waals surface area contributed by atoms with Crippen molar-refractivity contribution in [3.8, 4) is 0 Å². The van der Waals surface area contributed by atoms with Gasteiger partial charge < -0.3 is 4.90 Å². The van der Waals surface area contributed by atoms with Crippen molar-refractivity contribution in [1.82, 2.24) is 24.3 Å². The fraction of sp³-hybridized carbons (Fsp3) is 0.455. The standard InChI is InChI=1S/C22H27N5O2S/c1-3-19-24-17(14-30-19)13-25-9-11-26(12-10-25)20(28)7-8-27-15-23-21-16(2)5-4-6-18(21)22(27)29/h4-6,14-15H,3,7-13H2,1-2H3. The Balaban J connectivity index is 1.30. The Morgan fingerprint density at radius 2 is 2.00 bits per heavy atom. The SMILES string of the molecule is CCc1nc(CN2CCN(C(=O)CCn3cnc4c(C)cccc4c3=O)CC2)cs1. The summed E-state index contributed by atoms with van der Waals surface area (Å²) in [5.41, 5.74) is 2.74. The quantitative estimate of drug-likeness (QED) is 0.607. The number of benzene rings is 1. The number of piperazine rings is 1. The Hall–Kier alpha value is -2.58. The third-order valence-electron chi connectivity index (χ3n) is 5.63. The molecule has 0 spiro atoms. The van der Waals surface area contributed by atoms with Gasteiger partial charge in [0.2, 0.25) is 5.91 Å². The fourth-order valence-corrected chi connectivity index (χ4v) is 4.58. The van der Waals surface area contributed by atoms with E-state index in [-0.39, 0.29) is 11.5 Å². The minimum absolute atomic E-state index is 0.0870. The van der Waals surface area contributed by atoms with Crippen LogP contribution in [0.1, 0.15) is 29.6 Å². The molecular weight excluding hydrogens is 398 g/mol. The topological polar surface area (TPSA) is 71.3 Å². The Morgan fingerprint density at radius 1 is 1.20 bits per heavy atom. The average Bonchev–Trinajstić information content (AvgIpc) is 3.22. The minimum atomic E-state index is -0.0870. The number of aryl methyl sites for hydroxylation is 3. The Labute approximate surface area is 180 Å². The van der Waals surface area contributed by atoms with E-state index in [0.29, 0.717) is 31.4 Å². The van der Waals surface area contributed by atoms with Gasteiger partial charge in [-0.2, -0.15) is 0 Å². The molecule has 30 heavy (non-hydrogen) atoms. The molecule has 1 aliphatic rings. The van der Waals surface area contributed by atoms with Crippen LogP contribution in [0.5, 0.6) is 0 Å². The normalized spacial score (nSPS) is 15.1. The van der Waals surface area contributed by atoms with Crippen LogP contribution in [-0.2, 0) is 24.3 Å². The van der Waals surface area contributed by atoms with E-state index in [1.807, 2.05) is 24.0 Å². The van der Waals surface area contributed by atoms with Crippen molar-refractivity contribution in [2.75, 3.05) is 26.2 Å². The molecule has 1 saturated heterocycles. The zero-order valence-electron chi connectivity index (χ0n) is 17.5. The van der Waals surface area contributed by atoms with Crippen LogP contribution in [0.25, 0.3) is 10.9 Å². The van der Waals surface area contributed by atoms with Crippen LogP contribution in [0.2, 0.25) is 0 Å². The molecular formula is C22H27N5O2S. The fourth-order valence-electron chi connectivity index (χ4n) is 3.84. The maximum atomic E-state index is 12.7. The molecule has 0 radical (unpaired) electrons. The van der Waals surface area contributed by atoms with Gasteiger partial charge in [0.25, 0.3) is 5.56 Å². The molecule has 0 N–H and O–H groups in total. The Morgan fingerprint density at radius 3 is 2.73 bits per heavy atom. The first-order chi connectivity index (χ1) is 14.5. The summed E-state index contributed by atoms with van der Waals surface area (Å²) >= 11 is 1.72. The van der Waals surface area contributed by atoms with E-state index in [2.05, 4.69) is 27.2 Å². The maximum Gasteiger partial charge on any atom is 0.261 e. The van der Waals surface area contributed by atoms with Crippen LogP contribution < -0.4 is 5.56 Å². The van der Waals surface area contributed by atoms with Gasteiger partial charge in [-0.15, -0.1) is 11.3 Å². The lowest BCUT2D eigenvalue weighted by atomic mass is 10.1. The first kappa shape index (κ1) is 20.7. The second-order valence-corrected chi connectivity index (χ2v) is 8.65. The molecule has 8 heteroatoms. The average molecular weight is 426 g/mol. The number of para-hydroxylation sites is 1. The molecule has 0 bridgehead atoms. The number of hydrogen-bond acceptors (Lipinski definition) is 6. The third-order valence-corrected chi connectivity index (χ3v) is 6.68. The van der Waals surface area contributed by atoms with Gasteiger partial charge in [0, 0.05) is 51.1 Å². The van der Waals surface area contributed by atoms with Gasteiger partial charge in [0.1, 0.15) is 0 Å². The van der Waals surface area contributed by atoms with Crippen molar-refractivity contribution in [2.45, 2.75) is 39.8 Å². The molecule has 1 aromatic carbocycles. The number of aromatic nitrogens is 3. The van der Waals surface area contributed by atoms with Crippen LogP contribution in [0.3, 0.4) is 0 Å². The molecule has 7 nitrogen and oxygen atoms in total. The minimum Gasteiger partial charge on any atom is -0.340 e. The van der Waals surface area contributed by atoms with Gasteiger partial charge in [0.05, 0.1) is 27.9 Å². The summed E-state index contributed by atoms with van der Waals surface area (Å²) in [4.78, 5) is 38.7. The van der Waals surface area contributed by atoms with Gasteiger partial charge in [-0.3, -0.25) is 19.1 Å². The van der Waals surface area contributed by atoms with Gasteiger partial charge in [-0.05, 0) is 25.0 Å². The summed E-state index contributed by atoms with van der Waals surface area (Å²) in [7, 11) is 0. The molecule has 0 aliphatic carbocycles. The number of nitrogens with zero attached hydrogens (tertiary/aromatic N) is 5. The third kappa shape index (κ3) is 4.44. The van der Waals surface area contributed by atoms with Crippen LogP contribution in [0.4, 0.5) is 0 Å². The van der Waals surface area contributed by atoms with E-state index in [1.165, 1.54) is 5.01 Å². The lowest BCUT2D eigenvalue weighted by molar-refractivity contribution is -0.133. The highest BCUT2D eigenvalue weighted by molar-refractivity contribution is 7.09. The lowest BCUT2D eigenvalue weighted by Crippen LogP contribution is -2.48. The van der Waals surface area contributed by atoms with E-state index in [1.54, 1.807) is 28.3 Å². The number of carbonyl (C=O) groups excluding carboxylic acids is 1. The summed E-state index contributed by atoms with van der Waals surface area (Å²) in [6, 6.07) is 5.60. The van der Waals surface area contributed by atoms with Crippen molar-refractivity contribution in [3.05, 3.63) is 56.5 Å². The second-order valence-electron chi connectivity index (χ2n) is 7.71. The predicted octanol–water partition coefficient (Wildman–Crippen LogP) is 2.46. The second kappa shape index (κ2) is 9.06. The Kier molecular flexibility index (Phi) is 6.24. The summed E-state index contributed by atoms with van der Waals surface area (Å²) in [5.74, 6) is 0.0906. The van der Waals surface area contributed by atoms with Crippen molar-refractivity contribution < 1.29 is 4.79 Å². The highest BCUT2D eigenvalue weighted by Gasteiger charge is 2.21. The van der Waals surface area contributed by atoms with E-state index in [0.717, 1.165) is 42.8 Å². The van der Waals surface area contributed by atoms with E-state index >= 15 is 0 Å². The molecule has 158 valence electrons. The summed E-state index contributed by atoms with van der Waals surface area (Å²) in [5, 5.41) is 3.91. The summed E-state index contributed by atoms with van der Waals surface area (Å²) in [6.07, 6.45) is 2.84. The highest BCUT2D eigenvalue weighted by atomic mass is 32.1. The predicted molar refractivity (Wildman–Crippen MR) is 119 cm³/mol. The first-order valence-corrected chi connectivity index (χ1v) is 11.3. The Bertz CT molecular complexity index is 1100. The molecule has 0 saturated carbocycles. The van der Waals surface area contributed by atoms with Gasteiger partial charge in [-0.25, -0.2) is 9.97 Å². The number of carbonyl (C=O) groups is 1. The number of fused-ring (bicyclic) bond motifs is 1. The van der Waals surface area contributed by atoms with Gasteiger partial charge in [-0.1, -0.05) is 19.1 Å². The molecule has 2 aromatic heterocycles. The van der Waals surface area contributed by atoms with Crippen LogP contribution in [0.15, 0.2) is 34.7 Å². The number of rotatable bonds is 6. The van der Waals surface area contributed by atoms with Crippen molar-refractivity contribution in [2.24, 2.45) is 0 Å². The monoisotopic (exact) mass is 425 g/mol. The van der Waals surface area contributed by atoms with Crippen molar-refractivity contribution >= 4 is 28.1 Å². The van der Waals surface area contributed by atoms with Gasteiger partial charge in [0.15, 0.2) is 0 Å². The number of amides is 1. The molecule has 0 atom stereocenters. The largest absolute Gasteiger partial charge is 0.340 e. The summed E-state index contributed by atoms with van der Waals surface area (Å²) < 4.78 is 1.55. The van der Waals surface area contributed by atoms with Crippen LogP contribution in [-0.4, -0.2) is 56.4 Å². The lowest BCUT2D eigenvalue weighted by Gasteiger charge is -2.34. The van der Waals surface area contributed by atoms with E-state index in [4.69, 9.17) is 0 Å². The van der Waals surface area contributed by atoms with Crippen molar-refractivity contribution in [3.63, 3.8) is 0 Å². The summed E-state index contributed by atoms with van der Waals surface area (Å²) in [6.45, 7) is 8.39. The molecule has 1 amide bonds. The van der Waals surface area contributed by atoms with Gasteiger partial charge >= 0.3 is 0 Å². The van der Waals surface area contributed by atoms with Crippen LogP contribution in [0, 0.1) is 6.92 Å². The molecule has 3 aromatic rings. The van der Waals surface area contributed by atoms with Crippen molar-refractivity contribution in [1.29, 1.82) is 0 Å². The van der Waals surface area contributed by atoms with E-state index in [9.17, 15) is 9.59 Å². The van der Waals surface area contributed by atoms with Crippen LogP contribution >= 0.6 is 11.3 Å². The molecule has 3 heterocycles. The number of thiazole rings is 1.